The van der Waals surface area contributed by atoms with Gasteiger partial charge in [-0.05, 0) is 69.9 Å². The number of alkyl carbamates (subject to hydrolysis) is 1. The van der Waals surface area contributed by atoms with Gasteiger partial charge in [-0.25, -0.2) is 13.2 Å². The molecule has 13 heteroatoms. The number of aryl methyl sites for hydroxylation is 1. The number of carbonyl (C=O) groups is 5. The van der Waals surface area contributed by atoms with E-state index in [-0.39, 0.29) is 34.5 Å². The maximum atomic E-state index is 14.1. The highest BCUT2D eigenvalue weighted by Gasteiger charge is 2.69. The molecule has 272 valence electrons. The maximum absolute atomic E-state index is 14.1. The quantitative estimate of drug-likeness (QED) is 0.371. The smallest absolute Gasteiger partial charge is 0.408 e. The van der Waals surface area contributed by atoms with Crippen LogP contribution in [0.15, 0.2) is 29.2 Å². The van der Waals surface area contributed by atoms with Crippen molar-refractivity contribution in [1.82, 2.24) is 20.9 Å². The number of ether oxygens (including phenoxy) is 1. The Morgan fingerprint density at radius 3 is 2.10 bits per heavy atom. The minimum absolute atomic E-state index is 0.0201. The molecule has 0 bridgehead atoms. The first-order chi connectivity index (χ1) is 22.9. The summed E-state index contributed by atoms with van der Waals surface area (Å²) < 4.78 is 31.1. The van der Waals surface area contributed by atoms with Crippen molar-refractivity contribution in [2.45, 2.75) is 134 Å². The summed E-state index contributed by atoms with van der Waals surface area (Å²) in [6, 6.07) is 3.20. The van der Waals surface area contributed by atoms with Gasteiger partial charge in [-0.1, -0.05) is 82.9 Å². The van der Waals surface area contributed by atoms with Crippen molar-refractivity contribution in [2.24, 2.45) is 17.3 Å². The van der Waals surface area contributed by atoms with Crippen LogP contribution in [-0.2, 0) is 33.8 Å². The summed E-state index contributed by atoms with van der Waals surface area (Å²) in [6.07, 6.45) is 6.78. The highest BCUT2D eigenvalue weighted by Crippen LogP contribution is 2.65. The molecule has 1 aliphatic carbocycles. The number of ketones is 1. The van der Waals surface area contributed by atoms with Gasteiger partial charge in [0.2, 0.25) is 17.6 Å². The van der Waals surface area contributed by atoms with E-state index in [2.05, 4.69) is 16.0 Å². The van der Waals surface area contributed by atoms with E-state index in [1.807, 2.05) is 20.8 Å². The highest BCUT2D eigenvalue weighted by atomic mass is 32.2. The van der Waals surface area contributed by atoms with Gasteiger partial charge in [-0.2, -0.15) is 0 Å². The molecule has 1 aromatic rings. The zero-order chi connectivity index (χ0) is 36.1. The van der Waals surface area contributed by atoms with Gasteiger partial charge in [0, 0.05) is 6.54 Å². The van der Waals surface area contributed by atoms with Crippen LogP contribution in [0, 0.1) is 24.2 Å². The van der Waals surface area contributed by atoms with E-state index in [1.54, 1.807) is 32.9 Å². The van der Waals surface area contributed by atoms with Crippen LogP contribution in [0.1, 0.15) is 104 Å². The molecule has 3 aliphatic rings. The zero-order valence-corrected chi connectivity index (χ0v) is 30.6. The topological polar surface area (TPSA) is 168 Å². The Balaban J connectivity index is 1.54. The minimum Gasteiger partial charge on any atom is -0.444 e. The molecule has 2 heterocycles. The molecule has 1 saturated carbocycles. The SMILES string of the molecule is Cc1ccc(S(=O)(=O)CNC(=O)C(=O)[C@@H]2CCCCCCCCCC[C@H](NC(=O)OC(C)(C)C)C(=O)N3C[C@H]4C([C@H]3C(=O)N2)C4(C)C)cc1. The molecular formula is C36H54N4O8S. The number of fused-ring (bicyclic) bond motifs is 3. The standard InChI is InChI=1S/C36H54N4O8S/c1-23-17-19-24(20-18-23)49(46,47)22-37-32(43)30(41)26-15-13-11-9-7-8-10-12-14-16-27(39-34(45)48-35(2,3)4)33(44)40-21-25-28(36(25,5)6)29(40)31(42)38-26/h17-20,25-29H,7-16,21-22H2,1-6H3,(H,37,43)(H,38,42)(H,39,45)/t25-,26-,27-,28?,29-/m0/s1. The number of amides is 4. The molecule has 0 aromatic heterocycles. The van der Waals surface area contributed by atoms with Crippen LogP contribution >= 0.6 is 0 Å². The van der Waals surface area contributed by atoms with Crippen LogP contribution in [-0.4, -0.2) is 79.1 Å². The van der Waals surface area contributed by atoms with E-state index < -0.39 is 63.1 Å². The van der Waals surface area contributed by atoms with E-state index in [9.17, 15) is 32.4 Å². The number of piperidine rings is 1. The molecule has 4 amide bonds. The Bertz CT molecular complexity index is 1500. The maximum Gasteiger partial charge on any atom is 0.408 e. The molecule has 0 radical (unpaired) electrons. The molecule has 2 aliphatic heterocycles. The molecular weight excluding hydrogens is 648 g/mol. The second kappa shape index (κ2) is 15.6. The summed E-state index contributed by atoms with van der Waals surface area (Å²) in [6.45, 7) is 11.5. The Hall–Kier alpha value is -3.48. The van der Waals surface area contributed by atoms with Crippen LogP contribution < -0.4 is 16.0 Å². The molecule has 3 fully saturated rings. The van der Waals surface area contributed by atoms with E-state index >= 15 is 0 Å². The Labute approximate surface area is 290 Å². The number of sulfone groups is 1. The molecule has 49 heavy (non-hydrogen) atoms. The van der Waals surface area contributed by atoms with Crippen LogP contribution in [0.2, 0.25) is 0 Å². The fraction of sp³-hybridized carbons (Fsp3) is 0.694. The summed E-state index contributed by atoms with van der Waals surface area (Å²) in [5.41, 5.74) is -0.0975. The van der Waals surface area contributed by atoms with Crippen molar-refractivity contribution < 1.29 is 37.1 Å². The molecule has 4 rings (SSSR count). The third kappa shape index (κ3) is 9.82. The monoisotopic (exact) mass is 702 g/mol. The minimum atomic E-state index is -3.91. The average Bonchev–Trinajstić information content (AvgIpc) is 3.32. The lowest BCUT2D eigenvalue weighted by molar-refractivity contribution is -0.144. The van der Waals surface area contributed by atoms with Gasteiger partial charge in [0.25, 0.3) is 5.91 Å². The first kappa shape index (κ1) is 38.3. The molecule has 12 nitrogen and oxygen atoms in total. The molecule has 3 N–H and O–H groups in total. The molecule has 0 spiro atoms. The van der Waals surface area contributed by atoms with Crippen molar-refractivity contribution in [3.8, 4) is 0 Å². The van der Waals surface area contributed by atoms with Crippen molar-refractivity contribution in [2.75, 3.05) is 12.4 Å². The third-order valence-corrected chi connectivity index (χ3v) is 11.7. The van der Waals surface area contributed by atoms with Crippen LogP contribution in [0.25, 0.3) is 0 Å². The third-order valence-electron chi connectivity index (χ3n) is 10.1. The predicted molar refractivity (Wildman–Crippen MR) is 184 cm³/mol. The summed E-state index contributed by atoms with van der Waals surface area (Å²) >= 11 is 0. The second-order valence-corrected chi connectivity index (χ2v) is 17.5. The lowest BCUT2D eigenvalue weighted by Crippen LogP contribution is -2.58. The summed E-state index contributed by atoms with van der Waals surface area (Å²) in [7, 11) is -3.91. The zero-order valence-electron chi connectivity index (χ0n) is 29.8. The van der Waals surface area contributed by atoms with E-state index in [4.69, 9.17) is 4.74 Å². The number of carbonyl (C=O) groups excluding carboxylic acids is 5. The van der Waals surface area contributed by atoms with Crippen LogP contribution in [0.5, 0.6) is 0 Å². The number of Topliss-reactive ketones (excluding diaryl/α,β-unsaturated/α-hetero) is 1. The van der Waals surface area contributed by atoms with Gasteiger partial charge in [0.1, 0.15) is 23.6 Å². The van der Waals surface area contributed by atoms with Crippen LogP contribution in [0.3, 0.4) is 0 Å². The highest BCUT2D eigenvalue weighted by molar-refractivity contribution is 7.91. The Kier molecular flexibility index (Phi) is 12.2. The lowest BCUT2D eigenvalue weighted by atomic mass is 9.97. The van der Waals surface area contributed by atoms with Crippen molar-refractivity contribution in [1.29, 1.82) is 0 Å². The number of nitrogens with one attached hydrogen (secondary N) is 3. The summed E-state index contributed by atoms with van der Waals surface area (Å²) in [5, 5.41) is 7.81. The lowest BCUT2D eigenvalue weighted by Gasteiger charge is -2.34. The Morgan fingerprint density at radius 1 is 0.939 bits per heavy atom. The summed E-state index contributed by atoms with van der Waals surface area (Å²) in [4.78, 5) is 69.2. The van der Waals surface area contributed by atoms with Gasteiger partial charge >= 0.3 is 6.09 Å². The number of benzene rings is 1. The number of rotatable bonds is 6. The number of nitrogens with zero attached hydrogens (tertiary/aromatic N) is 1. The molecule has 5 atom stereocenters. The predicted octanol–water partition coefficient (Wildman–Crippen LogP) is 4.19. The first-order valence-electron chi connectivity index (χ1n) is 17.6. The van der Waals surface area contributed by atoms with Gasteiger partial charge in [0.15, 0.2) is 9.84 Å². The number of hydrogen-bond acceptors (Lipinski definition) is 8. The van der Waals surface area contributed by atoms with E-state index in [0.29, 0.717) is 19.4 Å². The van der Waals surface area contributed by atoms with Gasteiger partial charge in [-0.3, -0.25) is 19.2 Å². The van der Waals surface area contributed by atoms with E-state index in [0.717, 1.165) is 50.5 Å². The molecule has 2 saturated heterocycles. The summed E-state index contributed by atoms with van der Waals surface area (Å²) in [5.74, 6) is -3.81. The fourth-order valence-electron chi connectivity index (χ4n) is 7.24. The first-order valence-corrected chi connectivity index (χ1v) is 19.3. The van der Waals surface area contributed by atoms with Gasteiger partial charge in [-0.15, -0.1) is 0 Å². The normalized spacial score (nSPS) is 26.7. The molecule has 1 aromatic carbocycles. The average molecular weight is 703 g/mol. The van der Waals surface area contributed by atoms with Crippen LogP contribution in [0.4, 0.5) is 4.79 Å². The Morgan fingerprint density at radius 2 is 1.51 bits per heavy atom. The molecule has 1 unspecified atom stereocenters. The number of hydrogen-bond donors (Lipinski definition) is 3. The van der Waals surface area contributed by atoms with Gasteiger partial charge < -0.3 is 25.6 Å². The van der Waals surface area contributed by atoms with Crippen molar-refractivity contribution in [3.05, 3.63) is 29.8 Å². The second-order valence-electron chi connectivity index (χ2n) is 15.5. The van der Waals surface area contributed by atoms with Gasteiger partial charge in [0.05, 0.1) is 10.9 Å². The fourth-order valence-corrected chi connectivity index (χ4v) is 8.28. The van der Waals surface area contributed by atoms with Crippen molar-refractivity contribution >= 4 is 39.4 Å². The van der Waals surface area contributed by atoms with Crippen molar-refractivity contribution in [3.63, 3.8) is 0 Å². The largest absolute Gasteiger partial charge is 0.444 e. The van der Waals surface area contributed by atoms with E-state index in [1.165, 1.54) is 17.0 Å².